The highest BCUT2D eigenvalue weighted by atomic mass is 79.9. The second-order valence-corrected chi connectivity index (χ2v) is 9.46. The minimum atomic E-state index is -0.506. The lowest BCUT2D eigenvalue weighted by Crippen LogP contribution is -2.49. The van der Waals surface area contributed by atoms with Gasteiger partial charge in [0.25, 0.3) is 11.8 Å². The number of unbranched alkanes of at least 4 members (excludes halogenated alkanes) is 3. The average molecular weight is 622 g/mol. The first-order valence-electron chi connectivity index (χ1n) is 10.2. The molecule has 2 rings (SSSR count). The van der Waals surface area contributed by atoms with Crippen molar-refractivity contribution in [3.05, 3.63) is 55.9 Å². The van der Waals surface area contributed by atoms with Gasteiger partial charge in [0.05, 0.1) is 16.1 Å². The van der Waals surface area contributed by atoms with Gasteiger partial charge in [0.15, 0.2) is 11.7 Å². The third kappa shape index (κ3) is 9.87. The largest absolute Gasteiger partial charge is 0.492 e. The van der Waals surface area contributed by atoms with E-state index < -0.39 is 11.8 Å². The Balaban J connectivity index is 1.75. The molecule has 0 fully saturated rings. The van der Waals surface area contributed by atoms with E-state index in [0.717, 1.165) is 17.3 Å². The number of hydrazine groups is 1. The third-order valence-corrected chi connectivity index (χ3v) is 5.86. The summed E-state index contributed by atoms with van der Waals surface area (Å²) in [6.45, 7) is 2.49. The van der Waals surface area contributed by atoms with Gasteiger partial charge in [-0.15, -0.1) is 0 Å². The van der Waals surface area contributed by atoms with Crippen LogP contribution in [0, 0.1) is 0 Å². The number of amides is 2. The molecule has 2 aromatic carbocycles. The minimum Gasteiger partial charge on any atom is -0.492 e. The Morgan fingerprint density at radius 1 is 1.00 bits per heavy atom. The van der Waals surface area contributed by atoms with Crippen LogP contribution in [0.2, 0.25) is 5.02 Å². The topological polar surface area (TPSA) is 88.7 Å². The third-order valence-electron chi connectivity index (χ3n) is 4.24. The number of ether oxygens (including phenoxy) is 2. The molecule has 0 saturated heterocycles. The van der Waals surface area contributed by atoms with Crippen LogP contribution in [-0.2, 0) is 4.79 Å². The summed E-state index contributed by atoms with van der Waals surface area (Å²) in [4.78, 5) is 24.4. The predicted molar refractivity (Wildman–Crippen MR) is 140 cm³/mol. The molecule has 0 aromatic heterocycles. The molecule has 0 saturated carbocycles. The molecule has 0 heterocycles. The van der Waals surface area contributed by atoms with Gasteiger partial charge in [0.2, 0.25) is 0 Å². The normalized spacial score (nSPS) is 10.3. The van der Waals surface area contributed by atoms with E-state index >= 15 is 0 Å². The van der Waals surface area contributed by atoms with E-state index in [4.69, 9.17) is 33.3 Å². The van der Waals surface area contributed by atoms with Gasteiger partial charge in [-0.05, 0) is 71.0 Å². The maximum Gasteiger partial charge on any atom is 0.276 e. The number of nitrogens with one attached hydrogen (secondary N) is 3. The van der Waals surface area contributed by atoms with E-state index in [9.17, 15) is 9.59 Å². The van der Waals surface area contributed by atoms with Crippen molar-refractivity contribution in [1.29, 1.82) is 0 Å². The van der Waals surface area contributed by atoms with Crippen LogP contribution in [0.15, 0.2) is 45.3 Å². The monoisotopic (exact) mass is 619 g/mol. The highest BCUT2D eigenvalue weighted by Crippen LogP contribution is 2.28. The zero-order valence-electron chi connectivity index (χ0n) is 17.9. The van der Waals surface area contributed by atoms with Crippen LogP contribution in [0.25, 0.3) is 0 Å². The van der Waals surface area contributed by atoms with Gasteiger partial charge in [0, 0.05) is 10.0 Å². The highest BCUT2D eigenvalue weighted by Gasteiger charge is 2.12. The molecule has 0 unspecified atom stereocenters. The molecule has 11 heteroatoms. The molecule has 7 nitrogen and oxygen atoms in total. The number of hydrogen-bond acceptors (Lipinski definition) is 5. The molecule has 2 aromatic rings. The van der Waals surface area contributed by atoms with E-state index in [1.165, 1.54) is 12.8 Å². The quantitative estimate of drug-likeness (QED) is 0.184. The first-order valence-corrected chi connectivity index (χ1v) is 12.6. The van der Waals surface area contributed by atoms with Gasteiger partial charge in [-0.25, -0.2) is 0 Å². The lowest BCUT2D eigenvalue weighted by Gasteiger charge is -2.13. The smallest absolute Gasteiger partial charge is 0.276 e. The molecule has 0 atom stereocenters. The fourth-order valence-corrected chi connectivity index (χ4v) is 3.94. The Bertz CT molecular complexity index is 994. The molecular formula is C22H24Br2ClN3O4S. The summed E-state index contributed by atoms with van der Waals surface area (Å²) in [6.07, 6.45) is 4.46. The van der Waals surface area contributed by atoms with E-state index in [1.807, 2.05) is 0 Å². The zero-order valence-corrected chi connectivity index (χ0v) is 22.6. The first-order chi connectivity index (χ1) is 15.8. The molecule has 0 bridgehead atoms. The van der Waals surface area contributed by atoms with Crippen LogP contribution < -0.4 is 25.6 Å². The van der Waals surface area contributed by atoms with Gasteiger partial charge < -0.3 is 9.47 Å². The molecule has 2 amide bonds. The van der Waals surface area contributed by atoms with E-state index in [2.05, 4.69) is 55.0 Å². The minimum absolute atomic E-state index is 0.0672. The maximum atomic E-state index is 12.4. The number of benzene rings is 2. The number of carbonyl (C=O) groups is 2. The SMILES string of the molecule is CCCCCCOc1ccc(C(=O)NC(=S)NNC(=O)COc2ccc(Br)cc2Cl)cc1Br. The molecule has 178 valence electrons. The number of carbonyl (C=O) groups excluding carboxylic acids is 2. The van der Waals surface area contributed by atoms with Gasteiger partial charge in [0.1, 0.15) is 11.5 Å². The average Bonchev–Trinajstić information content (AvgIpc) is 2.77. The van der Waals surface area contributed by atoms with Crippen molar-refractivity contribution in [3.8, 4) is 11.5 Å². The summed E-state index contributed by atoms with van der Waals surface area (Å²) in [5.41, 5.74) is 5.18. The maximum absolute atomic E-state index is 12.4. The van der Waals surface area contributed by atoms with Crippen molar-refractivity contribution in [3.63, 3.8) is 0 Å². The number of rotatable bonds is 10. The van der Waals surface area contributed by atoms with Crippen molar-refractivity contribution >= 4 is 72.6 Å². The van der Waals surface area contributed by atoms with Gasteiger partial charge in [-0.1, -0.05) is 53.7 Å². The molecule has 0 radical (unpaired) electrons. The highest BCUT2D eigenvalue weighted by molar-refractivity contribution is 9.10. The second-order valence-electron chi connectivity index (χ2n) is 6.87. The Morgan fingerprint density at radius 2 is 1.76 bits per heavy atom. The number of thiocarbonyl (C=S) groups is 1. The van der Waals surface area contributed by atoms with E-state index in [1.54, 1.807) is 36.4 Å². The lowest BCUT2D eigenvalue weighted by atomic mass is 10.2. The molecule has 0 aliphatic rings. The first kappa shape index (κ1) is 27.4. The second kappa shape index (κ2) is 14.4. The van der Waals surface area contributed by atoms with Crippen molar-refractivity contribution in [1.82, 2.24) is 16.2 Å². The summed E-state index contributed by atoms with van der Waals surface area (Å²) in [7, 11) is 0. The molecule has 3 N–H and O–H groups in total. The van der Waals surface area contributed by atoms with Gasteiger partial charge in [-0.2, -0.15) is 0 Å². The van der Waals surface area contributed by atoms with Crippen molar-refractivity contribution in [2.45, 2.75) is 32.6 Å². The molecule has 0 aliphatic heterocycles. The Hall–Kier alpha value is -1.88. The van der Waals surface area contributed by atoms with Crippen LogP contribution in [0.3, 0.4) is 0 Å². The molecule has 0 spiro atoms. The van der Waals surface area contributed by atoms with Crippen molar-refractivity contribution in [2.75, 3.05) is 13.2 Å². The van der Waals surface area contributed by atoms with Crippen LogP contribution in [0.1, 0.15) is 43.0 Å². The predicted octanol–water partition coefficient (Wildman–Crippen LogP) is 5.54. The molecule has 33 heavy (non-hydrogen) atoms. The van der Waals surface area contributed by atoms with Crippen molar-refractivity contribution < 1.29 is 19.1 Å². The van der Waals surface area contributed by atoms with E-state index in [0.29, 0.717) is 33.2 Å². The molecule has 0 aliphatic carbocycles. The van der Waals surface area contributed by atoms with Gasteiger partial charge in [-0.3, -0.25) is 25.8 Å². The Kier molecular flexibility index (Phi) is 11.9. The summed E-state index contributed by atoms with van der Waals surface area (Å²) in [6, 6.07) is 10.0. The Labute approximate surface area is 220 Å². The number of halogens is 3. The number of hydrogen-bond donors (Lipinski definition) is 3. The molecular weight excluding hydrogens is 598 g/mol. The van der Waals surface area contributed by atoms with Crippen LogP contribution in [-0.4, -0.2) is 30.1 Å². The fraction of sp³-hybridized carbons (Fsp3) is 0.318. The van der Waals surface area contributed by atoms with Crippen LogP contribution in [0.4, 0.5) is 0 Å². The Morgan fingerprint density at radius 3 is 2.45 bits per heavy atom. The van der Waals surface area contributed by atoms with Gasteiger partial charge >= 0.3 is 0 Å². The summed E-state index contributed by atoms with van der Waals surface area (Å²) >= 11 is 17.8. The summed E-state index contributed by atoms with van der Waals surface area (Å²) in [5.74, 6) is 0.0929. The standard InChI is InChI=1S/C22H24Br2ClN3O4S/c1-2-3-4-5-10-31-18-8-6-14(11-16(18)24)21(30)26-22(33)28-27-20(29)13-32-19-9-7-15(23)12-17(19)25/h6-9,11-12H,2-5,10,13H2,1H3,(H,27,29)(H2,26,28,30,33). The summed E-state index contributed by atoms with van der Waals surface area (Å²) < 4.78 is 12.6. The zero-order chi connectivity index (χ0) is 24.2. The summed E-state index contributed by atoms with van der Waals surface area (Å²) in [5, 5.41) is 2.79. The van der Waals surface area contributed by atoms with Crippen LogP contribution >= 0.6 is 55.7 Å². The van der Waals surface area contributed by atoms with E-state index in [-0.39, 0.29) is 11.7 Å². The van der Waals surface area contributed by atoms with Crippen molar-refractivity contribution in [2.24, 2.45) is 0 Å². The van der Waals surface area contributed by atoms with Crippen LogP contribution in [0.5, 0.6) is 11.5 Å². The lowest BCUT2D eigenvalue weighted by molar-refractivity contribution is -0.123. The fourth-order valence-electron chi connectivity index (χ4n) is 2.57.